The molecule has 9 amide bonds. The van der Waals surface area contributed by atoms with E-state index in [1.165, 1.54) is 7.11 Å². The summed E-state index contributed by atoms with van der Waals surface area (Å²) in [5.74, 6) is -5.10. The van der Waals surface area contributed by atoms with Gasteiger partial charge in [-0.25, -0.2) is 4.79 Å². The molecule has 23 heteroatoms. The zero-order valence-electron chi connectivity index (χ0n) is 59.9. The summed E-state index contributed by atoms with van der Waals surface area (Å²) < 4.78 is 12.9. The third-order valence-electron chi connectivity index (χ3n) is 19.6. The zero-order chi connectivity index (χ0) is 70.9. The Bertz CT molecular complexity index is 2800. The Labute approximate surface area is 566 Å². The minimum Gasteiger partial charge on any atom is -0.457 e. The summed E-state index contributed by atoms with van der Waals surface area (Å²) in [5, 5.41) is 17.2. The number of ketones is 2. The van der Waals surface area contributed by atoms with Crippen LogP contribution in [-0.2, 0) is 65.6 Å². The molecule has 2 fully saturated rings. The number of primary amides is 1. The first kappa shape index (κ1) is 80.6. The van der Waals surface area contributed by atoms with Gasteiger partial charge in [0.05, 0.1) is 55.9 Å². The van der Waals surface area contributed by atoms with Crippen LogP contribution in [0.2, 0.25) is 0 Å². The number of ether oxygens (including phenoxy) is 2. The minimum atomic E-state index is -0.837. The van der Waals surface area contributed by atoms with Crippen molar-refractivity contribution in [2.75, 3.05) is 81.0 Å². The van der Waals surface area contributed by atoms with Crippen LogP contribution in [-0.4, -0.2) is 196 Å². The van der Waals surface area contributed by atoms with Crippen LogP contribution >= 0.6 is 0 Å². The maximum atomic E-state index is 14.7. The van der Waals surface area contributed by atoms with Gasteiger partial charge in [-0.1, -0.05) is 111 Å². The van der Waals surface area contributed by atoms with E-state index in [0.29, 0.717) is 67.3 Å². The van der Waals surface area contributed by atoms with Gasteiger partial charge >= 0.3 is 6.03 Å². The summed E-state index contributed by atoms with van der Waals surface area (Å²) >= 11 is 0. The lowest BCUT2D eigenvalue weighted by Gasteiger charge is -2.49. The van der Waals surface area contributed by atoms with Crippen molar-refractivity contribution in [2.45, 2.75) is 195 Å². The molecule has 2 unspecified atom stereocenters. The van der Waals surface area contributed by atoms with Crippen LogP contribution < -0.4 is 37.6 Å². The smallest absolute Gasteiger partial charge is 0.312 e. The third kappa shape index (κ3) is 24.7. The number of carbonyl (C=O) groups is 10. The van der Waals surface area contributed by atoms with Crippen molar-refractivity contribution in [3.05, 3.63) is 72.3 Å². The number of piperidine rings is 1. The largest absolute Gasteiger partial charge is 0.457 e. The number of hydrogen-bond acceptors (Lipinski definition) is 13. The van der Waals surface area contributed by atoms with Crippen LogP contribution in [0.15, 0.2) is 54.6 Å². The number of carbonyl (C=O) groups excluding carboxylic acids is 10. The molecule has 13 atom stereocenters. The summed E-state index contributed by atoms with van der Waals surface area (Å²) in [5.41, 5.74) is 7.34. The number of rotatable bonds is 40. The molecule has 4 rings (SSSR count). The van der Waals surface area contributed by atoms with Gasteiger partial charge in [0, 0.05) is 116 Å². The molecular weight excluding hydrogens is 1210 g/mol. The van der Waals surface area contributed by atoms with Crippen molar-refractivity contribution in [1.82, 2.24) is 41.3 Å². The van der Waals surface area contributed by atoms with Gasteiger partial charge in [0.15, 0.2) is 5.78 Å². The lowest BCUT2D eigenvalue weighted by Crippen LogP contribution is -2.59. The lowest BCUT2D eigenvalue weighted by atomic mass is 9.85. The molecule has 2 aliphatic heterocycles. The van der Waals surface area contributed by atoms with E-state index in [9.17, 15) is 47.9 Å². The predicted octanol–water partition coefficient (Wildman–Crippen LogP) is 6.42. The number of nitrogens with two attached hydrogens (primary N) is 1. The van der Waals surface area contributed by atoms with Crippen molar-refractivity contribution >= 4 is 64.6 Å². The van der Waals surface area contributed by atoms with Crippen LogP contribution in [0.3, 0.4) is 0 Å². The van der Waals surface area contributed by atoms with Crippen LogP contribution in [0.25, 0.3) is 0 Å². The molecule has 2 saturated heterocycles. The van der Waals surface area contributed by atoms with Crippen LogP contribution in [0, 0.1) is 53.9 Å². The van der Waals surface area contributed by atoms with Gasteiger partial charge < -0.3 is 61.4 Å². The number of nitrogens with one attached hydrogen (secondary N) is 6. The number of hydrogen-bond donors (Lipinski definition) is 7. The number of likely N-dealkylation sites (tertiary alicyclic amines) is 2. The van der Waals surface area contributed by atoms with Crippen molar-refractivity contribution in [3.63, 3.8) is 0 Å². The molecule has 23 nitrogen and oxygen atoms in total. The second-order valence-electron chi connectivity index (χ2n) is 28.1. The maximum Gasteiger partial charge on any atom is 0.312 e. The normalized spacial score (nSPS) is 19.7. The van der Waals surface area contributed by atoms with Crippen molar-refractivity contribution in [1.29, 1.82) is 0 Å². The number of methoxy groups -OCH3 is 2. The van der Waals surface area contributed by atoms with Crippen molar-refractivity contribution < 1.29 is 61.9 Å². The van der Waals surface area contributed by atoms with Gasteiger partial charge in [-0.15, -0.1) is 13.0 Å². The van der Waals surface area contributed by atoms with E-state index < -0.39 is 72.1 Å². The molecule has 95 heavy (non-hydrogen) atoms. The standard InChI is InChI=1S/C72H117N11O12/c1-17-48(8)65(81(13)71(92)63(46(4)5)79-70(91)64(47(6)7)80(11)12)59(94-15)43-61(87)82-36-22-27-56(82)66(95-16)49(9)57(84)42-54(40-50-24-19-18-20-25-50)68(89)76-44-51-29-31-55(32-30-51)77-69(90)53(26-21-35-75-72(73)93)41-58(85)62(45(2)3)78-60(86)28-23-37-83(14)38-33-52(34-39-83)67(88)74-10/h18-20,24-25,29-32,38,45-49,52-54,56,59,62-66H,17,21-23,26-28,33-37,39-44H2,1-16H3,(H,74,88)(H,76,89)(H,77,90)(H,78,86)(H,79,91)(H3,73,75,93)/t48-,49-,52?,53+,54+,56-,59+,62-,63-,64-,65-,66+,83?/m0/s1. The van der Waals surface area contributed by atoms with E-state index in [1.54, 1.807) is 62.2 Å². The Kier molecular flexibility index (Phi) is 33.4. The molecule has 0 saturated carbocycles. The molecule has 0 aromatic heterocycles. The molecule has 0 aliphatic carbocycles. The predicted molar refractivity (Wildman–Crippen MR) is 368 cm³/mol. The zero-order valence-corrected chi connectivity index (χ0v) is 59.9. The average molecular weight is 1330 g/mol. The number of Topliss-reactive ketones (excluding diaryl/α,β-unsaturated/α-hetero) is 2. The first-order valence-electron chi connectivity index (χ1n) is 34.5. The van der Waals surface area contributed by atoms with Gasteiger partial charge in [-0.05, 0) is 93.1 Å². The summed E-state index contributed by atoms with van der Waals surface area (Å²) in [6.45, 7) is 21.6. The topological polar surface area (TPSA) is 297 Å². The molecule has 2 aromatic rings. The molecule has 2 aromatic carbocycles. The SMILES string of the molecule is CC[C@H](C)[C@@H]([C@@H](CC(=O)N1CCC[C@H]1[C@H](OC)[C@@H](C)C(=O)C[C@@H](Cc1ccccc1)C(=O)NCc1ccc(NC(=O)[C@H](CCCNC(N)=O)CC(=O)[C@@H](NC(=O)CCC[N+]2(C)[CH-]CC(C(=O)NC)CC2)C(C)C)cc1)OC)N(C)C(=O)[C@@H](NC(=O)[C@H](C(C)C)N(C)C)C(C)C. The average Bonchev–Trinajstić information content (AvgIpc) is 1.80. The Balaban J connectivity index is 1.43. The second-order valence-corrected chi connectivity index (χ2v) is 28.1. The van der Waals surface area contributed by atoms with E-state index in [4.69, 9.17) is 15.2 Å². The first-order valence-corrected chi connectivity index (χ1v) is 34.5. The molecule has 0 bridgehead atoms. The number of nitrogens with zero attached hydrogens (tertiary/aromatic N) is 4. The maximum absolute atomic E-state index is 14.7. The highest BCUT2D eigenvalue weighted by molar-refractivity contribution is 5.97. The second kappa shape index (κ2) is 39.4. The van der Waals surface area contributed by atoms with Crippen molar-refractivity contribution in [2.24, 2.45) is 53.1 Å². The quantitative estimate of drug-likeness (QED) is 0.0216. The first-order chi connectivity index (χ1) is 44.9. The highest BCUT2D eigenvalue weighted by Gasteiger charge is 2.44. The van der Waals surface area contributed by atoms with Gasteiger partial charge in [-0.3, -0.25) is 48.1 Å². The Morgan fingerprint density at radius 1 is 0.737 bits per heavy atom. The fourth-order valence-electron chi connectivity index (χ4n) is 13.7. The molecule has 532 valence electrons. The van der Waals surface area contributed by atoms with Crippen LogP contribution in [0.1, 0.15) is 150 Å². The van der Waals surface area contributed by atoms with Gasteiger partial charge in [0.2, 0.25) is 41.4 Å². The number of quaternary nitrogens is 1. The number of anilines is 1. The third-order valence-corrected chi connectivity index (χ3v) is 19.6. The van der Waals surface area contributed by atoms with Gasteiger partial charge in [0.25, 0.3) is 0 Å². The number of likely N-dealkylation sites (N-methyl/N-ethyl adjacent to an activating group) is 2. The Morgan fingerprint density at radius 2 is 1.39 bits per heavy atom. The Morgan fingerprint density at radius 3 is 1.95 bits per heavy atom. The fourth-order valence-corrected chi connectivity index (χ4v) is 13.7. The number of benzene rings is 2. The van der Waals surface area contributed by atoms with E-state index in [-0.39, 0.29) is 128 Å². The molecule has 8 N–H and O–H groups in total. The molecule has 0 spiro atoms. The molecule has 0 radical (unpaired) electrons. The van der Waals surface area contributed by atoms with E-state index in [0.717, 1.165) is 18.5 Å². The molecule has 2 heterocycles. The fraction of sp³-hybridized carbons (Fsp3) is 0.681. The summed E-state index contributed by atoms with van der Waals surface area (Å²) in [7, 11) is 12.2. The summed E-state index contributed by atoms with van der Waals surface area (Å²) in [4.78, 5) is 142. The Hall–Kier alpha value is -6.82. The molecular formula is C72H117N11O12. The number of amides is 9. The van der Waals surface area contributed by atoms with Crippen LogP contribution in [0.5, 0.6) is 0 Å². The highest BCUT2D eigenvalue weighted by Crippen LogP contribution is 2.32. The molecule has 2 aliphatic rings. The van der Waals surface area contributed by atoms with Gasteiger partial charge in [0.1, 0.15) is 11.8 Å². The van der Waals surface area contributed by atoms with E-state index >= 15 is 0 Å². The van der Waals surface area contributed by atoms with Crippen molar-refractivity contribution in [3.8, 4) is 0 Å². The summed E-state index contributed by atoms with van der Waals surface area (Å²) in [6.07, 6.45) is 3.33. The van der Waals surface area contributed by atoms with Crippen LogP contribution in [0.4, 0.5) is 10.5 Å². The highest BCUT2D eigenvalue weighted by atomic mass is 16.5. The lowest BCUT2D eigenvalue weighted by molar-refractivity contribution is -0.886. The monoisotopic (exact) mass is 1330 g/mol. The van der Waals surface area contributed by atoms with Gasteiger partial charge in [-0.2, -0.15) is 0 Å². The minimum absolute atomic E-state index is 0.00224. The van der Waals surface area contributed by atoms with E-state index in [2.05, 4.69) is 45.5 Å². The summed E-state index contributed by atoms with van der Waals surface area (Å²) in [6, 6.07) is 12.6. The number of urea groups is 1. The van der Waals surface area contributed by atoms with E-state index in [1.807, 2.05) is 105 Å².